The Morgan fingerprint density at radius 2 is 2.00 bits per heavy atom. The van der Waals surface area contributed by atoms with Gasteiger partial charge in [0, 0.05) is 12.2 Å². The van der Waals surface area contributed by atoms with E-state index >= 15 is 0 Å². The number of hydrogen-bond acceptors (Lipinski definition) is 3. The van der Waals surface area contributed by atoms with Gasteiger partial charge < -0.3 is 10.5 Å². The minimum atomic E-state index is 0.482. The molecule has 0 unspecified atom stereocenters. The smallest absolute Gasteiger partial charge is 0.130 e. The van der Waals surface area contributed by atoms with E-state index in [9.17, 15) is 0 Å². The molecule has 0 fully saturated rings. The highest BCUT2D eigenvalue weighted by Gasteiger charge is 1.98. The lowest BCUT2D eigenvalue weighted by Gasteiger charge is -2.07. The van der Waals surface area contributed by atoms with Crippen LogP contribution in [0.4, 0.5) is 0 Å². The molecule has 0 aliphatic heterocycles. The van der Waals surface area contributed by atoms with Crippen molar-refractivity contribution in [3.63, 3.8) is 0 Å². The molecule has 1 aromatic carbocycles. The van der Waals surface area contributed by atoms with Gasteiger partial charge in [0.15, 0.2) is 0 Å². The van der Waals surface area contributed by atoms with E-state index in [0.29, 0.717) is 13.2 Å². The maximum Gasteiger partial charge on any atom is 0.130 e. The number of aryl methyl sites for hydroxylation is 1. The molecule has 0 spiro atoms. The summed E-state index contributed by atoms with van der Waals surface area (Å²) in [5, 5.41) is 0. The van der Waals surface area contributed by atoms with Crippen LogP contribution in [-0.2, 0) is 13.2 Å². The summed E-state index contributed by atoms with van der Waals surface area (Å²) in [6.45, 7) is 2.98. The van der Waals surface area contributed by atoms with Gasteiger partial charge in [0.1, 0.15) is 12.4 Å². The second-order valence-corrected chi connectivity index (χ2v) is 3.91. The van der Waals surface area contributed by atoms with Gasteiger partial charge in [0.2, 0.25) is 0 Å². The van der Waals surface area contributed by atoms with Crippen molar-refractivity contribution in [3.05, 3.63) is 59.4 Å². The van der Waals surface area contributed by atoms with Gasteiger partial charge in [-0.2, -0.15) is 0 Å². The number of rotatable bonds is 4. The molecule has 0 atom stereocenters. The number of benzene rings is 1. The topological polar surface area (TPSA) is 48.1 Å². The molecule has 88 valence electrons. The maximum absolute atomic E-state index is 5.67. The molecule has 0 bridgehead atoms. The van der Waals surface area contributed by atoms with E-state index in [1.807, 2.05) is 49.4 Å². The molecule has 0 saturated heterocycles. The predicted molar refractivity (Wildman–Crippen MR) is 67.6 cm³/mol. The van der Waals surface area contributed by atoms with Crippen LogP contribution in [0, 0.1) is 6.92 Å². The van der Waals surface area contributed by atoms with E-state index in [1.165, 1.54) is 0 Å². The summed E-state index contributed by atoms with van der Waals surface area (Å²) < 4.78 is 5.67. The molecule has 0 saturated carbocycles. The van der Waals surface area contributed by atoms with Crippen molar-refractivity contribution in [2.45, 2.75) is 20.1 Å². The molecule has 3 nitrogen and oxygen atoms in total. The van der Waals surface area contributed by atoms with Gasteiger partial charge in [-0.05, 0) is 36.8 Å². The standard InChI is InChI=1S/C14H16N2O/c1-11-4-2-6-13(16-11)10-17-14-7-3-5-12(8-14)9-15/h2-8H,9-10,15H2,1H3. The van der Waals surface area contributed by atoms with Crippen LogP contribution in [-0.4, -0.2) is 4.98 Å². The minimum absolute atomic E-state index is 0.482. The zero-order chi connectivity index (χ0) is 12.1. The third kappa shape index (κ3) is 3.29. The van der Waals surface area contributed by atoms with E-state index in [1.54, 1.807) is 0 Å². The third-order valence-corrected chi connectivity index (χ3v) is 2.47. The van der Waals surface area contributed by atoms with Crippen LogP contribution in [0.3, 0.4) is 0 Å². The summed E-state index contributed by atoms with van der Waals surface area (Å²) >= 11 is 0. The van der Waals surface area contributed by atoms with Crippen molar-refractivity contribution >= 4 is 0 Å². The average molecular weight is 228 g/mol. The second-order valence-electron chi connectivity index (χ2n) is 3.91. The van der Waals surface area contributed by atoms with Crippen LogP contribution in [0.1, 0.15) is 17.0 Å². The molecular weight excluding hydrogens is 212 g/mol. The molecule has 2 rings (SSSR count). The molecule has 0 amide bonds. The first kappa shape index (κ1) is 11.6. The molecule has 2 N–H and O–H groups in total. The first-order valence-corrected chi connectivity index (χ1v) is 5.62. The number of ether oxygens (including phenoxy) is 1. The Hall–Kier alpha value is -1.87. The van der Waals surface area contributed by atoms with Gasteiger partial charge in [-0.15, -0.1) is 0 Å². The number of nitrogens with two attached hydrogens (primary N) is 1. The van der Waals surface area contributed by atoms with Gasteiger partial charge in [-0.1, -0.05) is 18.2 Å². The summed E-state index contributed by atoms with van der Waals surface area (Å²) in [6, 6.07) is 13.7. The Morgan fingerprint density at radius 1 is 1.18 bits per heavy atom. The molecule has 2 aromatic rings. The molecule has 1 aromatic heterocycles. The summed E-state index contributed by atoms with van der Waals surface area (Å²) in [5.41, 5.74) is 8.58. The monoisotopic (exact) mass is 228 g/mol. The molecule has 17 heavy (non-hydrogen) atoms. The van der Waals surface area contributed by atoms with E-state index in [0.717, 1.165) is 22.7 Å². The summed E-state index contributed by atoms with van der Waals surface area (Å²) in [6.07, 6.45) is 0. The van der Waals surface area contributed by atoms with Crippen LogP contribution in [0.15, 0.2) is 42.5 Å². The van der Waals surface area contributed by atoms with Crippen molar-refractivity contribution in [1.82, 2.24) is 4.98 Å². The fourth-order valence-corrected chi connectivity index (χ4v) is 1.60. The average Bonchev–Trinajstić information content (AvgIpc) is 2.37. The van der Waals surface area contributed by atoms with Crippen LogP contribution < -0.4 is 10.5 Å². The molecule has 1 heterocycles. The van der Waals surface area contributed by atoms with Crippen LogP contribution in [0.25, 0.3) is 0 Å². The lowest BCUT2D eigenvalue weighted by molar-refractivity contribution is 0.301. The van der Waals surface area contributed by atoms with Gasteiger partial charge >= 0.3 is 0 Å². The van der Waals surface area contributed by atoms with Gasteiger partial charge in [0.25, 0.3) is 0 Å². The number of pyridine rings is 1. The molecule has 0 aliphatic carbocycles. The largest absolute Gasteiger partial charge is 0.487 e. The van der Waals surface area contributed by atoms with Crippen molar-refractivity contribution in [2.24, 2.45) is 5.73 Å². The molecule has 0 aliphatic rings. The van der Waals surface area contributed by atoms with E-state index in [2.05, 4.69) is 4.98 Å². The highest BCUT2D eigenvalue weighted by atomic mass is 16.5. The zero-order valence-electron chi connectivity index (χ0n) is 9.89. The van der Waals surface area contributed by atoms with Gasteiger partial charge in [-0.3, -0.25) is 4.98 Å². The predicted octanol–water partition coefficient (Wildman–Crippen LogP) is 2.43. The third-order valence-electron chi connectivity index (χ3n) is 2.47. The van der Waals surface area contributed by atoms with E-state index < -0.39 is 0 Å². The molecule has 3 heteroatoms. The lowest BCUT2D eigenvalue weighted by Crippen LogP contribution is -2.00. The van der Waals surface area contributed by atoms with Crippen LogP contribution in [0.5, 0.6) is 5.75 Å². The van der Waals surface area contributed by atoms with Crippen molar-refractivity contribution in [3.8, 4) is 5.75 Å². The Balaban J connectivity index is 2.02. The highest BCUT2D eigenvalue weighted by Crippen LogP contribution is 2.14. The fourth-order valence-electron chi connectivity index (χ4n) is 1.60. The normalized spacial score (nSPS) is 10.2. The lowest BCUT2D eigenvalue weighted by atomic mass is 10.2. The summed E-state index contributed by atoms with van der Waals surface area (Å²) in [4.78, 5) is 4.38. The van der Waals surface area contributed by atoms with E-state index in [4.69, 9.17) is 10.5 Å². The Morgan fingerprint density at radius 3 is 2.76 bits per heavy atom. The zero-order valence-corrected chi connectivity index (χ0v) is 9.89. The summed E-state index contributed by atoms with van der Waals surface area (Å²) in [7, 11) is 0. The number of hydrogen-bond donors (Lipinski definition) is 1. The number of nitrogens with zero attached hydrogens (tertiary/aromatic N) is 1. The van der Waals surface area contributed by atoms with Crippen LogP contribution in [0.2, 0.25) is 0 Å². The Labute approximate surface area is 101 Å². The minimum Gasteiger partial charge on any atom is -0.487 e. The van der Waals surface area contributed by atoms with E-state index in [-0.39, 0.29) is 0 Å². The van der Waals surface area contributed by atoms with Crippen molar-refractivity contribution < 1.29 is 4.74 Å². The first-order chi connectivity index (χ1) is 8.28. The van der Waals surface area contributed by atoms with Gasteiger partial charge in [-0.25, -0.2) is 0 Å². The molecule has 0 radical (unpaired) electrons. The van der Waals surface area contributed by atoms with Crippen LogP contribution >= 0.6 is 0 Å². The van der Waals surface area contributed by atoms with Crippen molar-refractivity contribution in [1.29, 1.82) is 0 Å². The Kier molecular flexibility index (Phi) is 3.73. The number of aromatic nitrogens is 1. The first-order valence-electron chi connectivity index (χ1n) is 5.62. The van der Waals surface area contributed by atoms with Crippen molar-refractivity contribution in [2.75, 3.05) is 0 Å². The summed E-state index contributed by atoms with van der Waals surface area (Å²) in [5.74, 6) is 0.830. The quantitative estimate of drug-likeness (QED) is 0.874. The molecular formula is C14H16N2O. The SMILES string of the molecule is Cc1cccc(COc2cccc(CN)c2)n1. The Bertz CT molecular complexity index is 497. The second kappa shape index (κ2) is 5.46. The van der Waals surface area contributed by atoms with Gasteiger partial charge in [0.05, 0.1) is 5.69 Å². The highest BCUT2D eigenvalue weighted by molar-refractivity contribution is 5.28. The fraction of sp³-hybridized carbons (Fsp3) is 0.214. The maximum atomic E-state index is 5.67.